The van der Waals surface area contributed by atoms with Gasteiger partial charge in [0.05, 0.1) is 31.0 Å². The molecule has 0 aliphatic rings. The number of nitrogens with zero attached hydrogens (tertiary/aromatic N) is 4. The Balaban J connectivity index is 1.45. The van der Waals surface area contributed by atoms with Gasteiger partial charge in [0.15, 0.2) is 0 Å². The number of rotatable bonds is 16. The van der Waals surface area contributed by atoms with Crippen LogP contribution in [0.25, 0.3) is 33.5 Å². The first-order chi connectivity index (χ1) is 29.8. The summed E-state index contributed by atoms with van der Waals surface area (Å²) in [6.07, 6.45) is 1.37. The molecule has 13 heteroatoms. The van der Waals surface area contributed by atoms with E-state index in [1.54, 1.807) is 27.9 Å². The highest BCUT2D eigenvalue weighted by atomic mass is 28.4. The fourth-order valence-electron chi connectivity index (χ4n) is 8.44. The molecule has 3 heterocycles. The quantitative estimate of drug-likeness (QED) is 0.0740. The summed E-state index contributed by atoms with van der Waals surface area (Å²) >= 11 is 0. The van der Waals surface area contributed by atoms with Gasteiger partial charge in [-0.25, -0.2) is 9.59 Å². The van der Waals surface area contributed by atoms with Gasteiger partial charge in [-0.2, -0.15) is 4.98 Å². The number of nitrogens with one attached hydrogen (secondary N) is 1. The molecular formula is C50H63N5O7Si. The van der Waals surface area contributed by atoms with Crippen molar-refractivity contribution in [3.8, 4) is 22.6 Å². The molecule has 2 atom stereocenters. The van der Waals surface area contributed by atoms with Crippen molar-refractivity contribution in [2.24, 2.45) is 5.41 Å². The van der Waals surface area contributed by atoms with Crippen LogP contribution in [0.2, 0.25) is 5.04 Å². The van der Waals surface area contributed by atoms with E-state index in [1.807, 2.05) is 25.3 Å². The molecule has 1 amide bonds. The third kappa shape index (κ3) is 10.3. The molecule has 0 fully saturated rings. The number of aryl methyl sites for hydroxylation is 1. The fraction of sp³-hybridized carbons (Fsp3) is 0.420. The predicted octanol–water partition coefficient (Wildman–Crippen LogP) is 9.23. The van der Waals surface area contributed by atoms with Crippen LogP contribution in [0.3, 0.4) is 0 Å². The van der Waals surface area contributed by atoms with Crippen molar-refractivity contribution in [2.45, 2.75) is 111 Å². The van der Waals surface area contributed by atoms with Crippen LogP contribution in [0.15, 0.2) is 102 Å². The van der Waals surface area contributed by atoms with Crippen LogP contribution in [-0.4, -0.2) is 72.5 Å². The van der Waals surface area contributed by atoms with Crippen molar-refractivity contribution in [3.05, 3.63) is 114 Å². The lowest BCUT2D eigenvalue weighted by molar-refractivity contribution is -0.143. The standard InChI is InChI=1S/C50H63N5O7Si/c1-13-55-41-27-26-34(45-53-42(62-54-45)30-40(46(56)59-12)52-47(57)61-48(3,4)5)29-38(41)39(44(55)37-25-20-28-51-43(37)33(2)58-11)31-50(9,10)32-60-63(49(6,7)8,35-21-16-14-17-22-35)36-23-18-15-19-24-36/h14-29,33,40H,13,30-32H2,1-12H3,(H,52,57)/t33-,40?/m0/s1. The number of methoxy groups -OCH3 is 2. The Hall–Kier alpha value is -5.63. The lowest BCUT2D eigenvalue weighted by atomic mass is 9.84. The molecule has 0 aliphatic carbocycles. The monoisotopic (exact) mass is 873 g/mol. The van der Waals surface area contributed by atoms with Gasteiger partial charge in [-0.3, -0.25) is 4.98 Å². The van der Waals surface area contributed by atoms with Gasteiger partial charge in [-0.05, 0) is 97.8 Å². The number of hydrogen-bond donors (Lipinski definition) is 1. The van der Waals surface area contributed by atoms with Crippen LogP contribution >= 0.6 is 0 Å². The highest BCUT2D eigenvalue weighted by Crippen LogP contribution is 2.43. The number of esters is 1. The van der Waals surface area contributed by atoms with Gasteiger partial charge < -0.3 is 33.0 Å². The van der Waals surface area contributed by atoms with E-state index in [0.29, 0.717) is 25.4 Å². The zero-order chi connectivity index (χ0) is 45.7. The third-order valence-electron chi connectivity index (χ3n) is 11.3. The summed E-state index contributed by atoms with van der Waals surface area (Å²) in [5.41, 5.74) is 4.71. The molecule has 1 N–H and O–H groups in total. The highest BCUT2D eigenvalue weighted by molar-refractivity contribution is 6.99. The average molecular weight is 874 g/mol. The third-order valence-corrected chi connectivity index (χ3v) is 16.3. The lowest BCUT2D eigenvalue weighted by Gasteiger charge is -2.44. The topological polar surface area (TPSA) is 140 Å². The predicted molar refractivity (Wildman–Crippen MR) is 249 cm³/mol. The molecule has 0 saturated heterocycles. The summed E-state index contributed by atoms with van der Waals surface area (Å²) < 4.78 is 31.8. The Morgan fingerprint density at radius 1 is 0.873 bits per heavy atom. The van der Waals surface area contributed by atoms with Crippen molar-refractivity contribution in [1.29, 1.82) is 0 Å². The fourth-order valence-corrected chi connectivity index (χ4v) is 13.2. The average Bonchev–Trinajstić information content (AvgIpc) is 3.84. The lowest BCUT2D eigenvalue weighted by Crippen LogP contribution is -2.67. The van der Waals surface area contributed by atoms with Crippen LogP contribution in [0, 0.1) is 5.41 Å². The molecule has 63 heavy (non-hydrogen) atoms. The van der Waals surface area contributed by atoms with E-state index in [4.69, 9.17) is 33.1 Å². The number of hydrogen-bond acceptors (Lipinski definition) is 10. The van der Waals surface area contributed by atoms with E-state index >= 15 is 0 Å². The largest absolute Gasteiger partial charge is 0.467 e. The molecule has 0 saturated carbocycles. The van der Waals surface area contributed by atoms with Crippen molar-refractivity contribution in [3.63, 3.8) is 0 Å². The van der Waals surface area contributed by atoms with Gasteiger partial charge in [0.1, 0.15) is 11.6 Å². The summed E-state index contributed by atoms with van der Waals surface area (Å²) in [5, 5.41) is 10.2. The molecule has 3 aromatic heterocycles. The number of benzene rings is 3. The molecule has 0 radical (unpaired) electrons. The zero-order valence-electron chi connectivity index (χ0n) is 38.9. The number of fused-ring (bicyclic) bond motifs is 1. The second kappa shape index (κ2) is 19.0. The smallest absolute Gasteiger partial charge is 0.408 e. The molecule has 12 nitrogen and oxygen atoms in total. The van der Waals surface area contributed by atoms with Gasteiger partial charge in [-0.1, -0.05) is 100 Å². The number of carbonyl (C=O) groups excluding carboxylic acids is 2. The molecular weight excluding hydrogens is 811 g/mol. The summed E-state index contributed by atoms with van der Waals surface area (Å²) in [6, 6.07) is 30.7. The maximum atomic E-state index is 12.7. The molecule has 0 bridgehead atoms. The maximum Gasteiger partial charge on any atom is 0.408 e. The summed E-state index contributed by atoms with van der Waals surface area (Å²) in [7, 11) is 0.110. The molecule has 6 rings (SSSR count). The first-order valence-electron chi connectivity index (χ1n) is 21.6. The molecule has 0 spiro atoms. The van der Waals surface area contributed by atoms with Gasteiger partial charge >= 0.3 is 12.1 Å². The number of carbonyl (C=O) groups is 2. The Bertz CT molecular complexity index is 2460. The first kappa shape index (κ1) is 46.9. The highest BCUT2D eigenvalue weighted by Gasteiger charge is 2.51. The van der Waals surface area contributed by atoms with Crippen molar-refractivity contribution >= 4 is 41.7 Å². The summed E-state index contributed by atoms with van der Waals surface area (Å²) in [4.78, 5) is 34.9. The zero-order valence-corrected chi connectivity index (χ0v) is 39.9. The number of alkyl carbamates (subject to hydrolysis) is 1. The minimum Gasteiger partial charge on any atom is -0.467 e. The molecule has 6 aromatic rings. The summed E-state index contributed by atoms with van der Waals surface area (Å²) in [5.74, 6) is -0.174. The van der Waals surface area contributed by atoms with E-state index in [1.165, 1.54) is 17.5 Å². The van der Waals surface area contributed by atoms with Gasteiger partial charge in [0, 0.05) is 48.5 Å². The summed E-state index contributed by atoms with van der Waals surface area (Å²) in [6.45, 7) is 22.1. The van der Waals surface area contributed by atoms with E-state index in [9.17, 15) is 9.59 Å². The SMILES string of the molecule is CCn1c(-c2cccnc2[C@H](C)OC)c(CC(C)(C)CO[Si](c2ccccc2)(c2ccccc2)C(C)(C)C)c2cc(-c3noc(CC(NC(=O)OC(C)(C)C)C(=O)OC)n3)ccc21. The first-order valence-corrected chi connectivity index (χ1v) is 23.5. The van der Waals surface area contributed by atoms with Crippen LogP contribution in [-0.2, 0) is 42.8 Å². The second-order valence-electron chi connectivity index (χ2n) is 18.8. The Kier molecular flexibility index (Phi) is 14.1. The Labute approximate surface area is 372 Å². The second-order valence-corrected chi connectivity index (χ2v) is 23.2. The number of aromatic nitrogens is 4. The van der Waals surface area contributed by atoms with Crippen molar-refractivity contribution in [2.75, 3.05) is 20.8 Å². The number of pyridine rings is 1. The normalized spacial score (nSPS) is 13.5. The van der Waals surface area contributed by atoms with E-state index < -0.39 is 32.0 Å². The van der Waals surface area contributed by atoms with Crippen LogP contribution < -0.4 is 15.7 Å². The molecule has 3 aromatic carbocycles. The Morgan fingerprint density at radius 3 is 2.10 bits per heavy atom. The van der Waals surface area contributed by atoms with E-state index in [-0.39, 0.29) is 28.9 Å². The van der Waals surface area contributed by atoms with Crippen LogP contribution in [0.1, 0.15) is 92.5 Å². The van der Waals surface area contributed by atoms with E-state index in [0.717, 1.165) is 39.0 Å². The van der Waals surface area contributed by atoms with Crippen molar-refractivity contribution < 1.29 is 32.7 Å². The van der Waals surface area contributed by atoms with E-state index in [2.05, 4.69) is 135 Å². The number of amides is 1. The minimum atomic E-state index is -2.85. The van der Waals surface area contributed by atoms with Gasteiger partial charge in [0.25, 0.3) is 8.32 Å². The molecule has 0 aliphatic heterocycles. The minimum absolute atomic E-state index is 0.0935. The van der Waals surface area contributed by atoms with Gasteiger partial charge in [-0.15, -0.1) is 0 Å². The van der Waals surface area contributed by atoms with Crippen LogP contribution in [0.5, 0.6) is 0 Å². The number of ether oxygens (including phenoxy) is 3. The molecule has 1 unspecified atom stereocenters. The Morgan fingerprint density at radius 2 is 1.52 bits per heavy atom. The maximum absolute atomic E-state index is 12.7. The van der Waals surface area contributed by atoms with Gasteiger partial charge in [0.2, 0.25) is 11.7 Å². The molecule has 334 valence electrons. The van der Waals surface area contributed by atoms with Crippen molar-refractivity contribution in [1.82, 2.24) is 25.0 Å². The van der Waals surface area contributed by atoms with Crippen LogP contribution in [0.4, 0.5) is 4.79 Å².